The van der Waals surface area contributed by atoms with Crippen molar-refractivity contribution >= 4 is 34.9 Å². The minimum absolute atomic E-state index is 0.00613. The number of methoxy groups -OCH3 is 1. The molecule has 1 fully saturated rings. The number of rotatable bonds is 10. The molecule has 1 aliphatic rings. The van der Waals surface area contributed by atoms with E-state index in [4.69, 9.17) is 9.47 Å². The predicted molar refractivity (Wildman–Crippen MR) is 142 cm³/mol. The summed E-state index contributed by atoms with van der Waals surface area (Å²) in [4.78, 5) is 42.3. The van der Waals surface area contributed by atoms with E-state index >= 15 is 0 Å². The largest absolute Gasteiger partial charge is 0.494 e. The number of aryl methyl sites for hydroxylation is 3. The first kappa shape index (κ1) is 27.0. The average molecular weight is 526 g/mol. The molecule has 12 heteroatoms. The van der Waals surface area contributed by atoms with E-state index < -0.39 is 6.09 Å². The van der Waals surface area contributed by atoms with Gasteiger partial charge >= 0.3 is 6.09 Å². The Kier molecular flexibility index (Phi) is 8.49. The van der Waals surface area contributed by atoms with E-state index in [1.54, 1.807) is 29.9 Å². The highest BCUT2D eigenvalue weighted by Gasteiger charge is 2.22. The molecule has 1 aromatic carbocycles. The normalized spacial score (nSPS) is 13.5. The van der Waals surface area contributed by atoms with E-state index in [9.17, 15) is 14.4 Å². The van der Waals surface area contributed by atoms with E-state index in [2.05, 4.69) is 26.0 Å². The van der Waals surface area contributed by atoms with Gasteiger partial charge in [-0.3, -0.25) is 19.6 Å². The van der Waals surface area contributed by atoms with Crippen LogP contribution < -0.4 is 20.7 Å². The SMILES string of the molecule is CCn1nc(C)cc1C(=O)Nc1nc2cc(C(=O)NC)cc(OC)c2n1CCCNC(=O)OC1CCCC1. The standard InChI is InChI=1S/C26H35N7O5/c1-5-33-20(13-16(2)31-33)24(35)30-25-29-19-14-17(23(34)27-3)15-21(37-4)22(19)32(25)12-8-11-28-26(36)38-18-9-6-7-10-18/h13-15,18H,5-12H2,1-4H3,(H,27,34)(H,28,36)(H,29,30,35). The van der Waals surface area contributed by atoms with Gasteiger partial charge in [-0.1, -0.05) is 0 Å². The molecule has 38 heavy (non-hydrogen) atoms. The minimum Gasteiger partial charge on any atom is -0.494 e. The summed E-state index contributed by atoms with van der Waals surface area (Å²) in [7, 11) is 3.06. The van der Waals surface area contributed by atoms with Gasteiger partial charge in [0.2, 0.25) is 5.95 Å². The van der Waals surface area contributed by atoms with Crippen molar-refractivity contribution in [3.05, 3.63) is 35.2 Å². The van der Waals surface area contributed by atoms with E-state index in [1.165, 1.54) is 7.11 Å². The van der Waals surface area contributed by atoms with Gasteiger partial charge in [0, 0.05) is 32.2 Å². The number of anilines is 1. The fourth-order valence-corrected chi connectivity index (χ4v) is 4.74. The van der Waals surface area contributed by atoms with E-state index in [-0.39, 0.29) is 17.9 Å². The molecule has 0 spiro atoms. The van der Waals surface area contributed by atoms with Crippen molar-refractivity contribution in [2.75, 3.05) is 26.0 Å². The van der Waals surface area contributed by atoms with Crippen LogP contribution in [0.25, 0.3) is 11.0 Å². The van der Waals surface area contributed by atoms with Crippen LogP contribution in [0.2, 0.25) is 0 Å². The van der Waals surface area contributed by atoms with Gasteiger partial charge in [-0.25, -0.2) is 9.78 Å². The first-order valence-electron chi connectivity index (χ1n) is 12.9. The number of aromatic nitrogens is 4. The van der Waals surface area contributed by atoms with Crippen LogP contribution in [0.4, 0.5) is 10.7 Å². The van der Waals surface area contributed by atoms with Crippen molar-refractivity contribution in [1.29, 1.82) is 0 Å². The molecule has 2 aromatic heterocycles. The third-order valence-corrected chi connectivity index (χ3v) is 6.58. The van der Waals surface area contributed by atoms with Crippen LogP contribution in [-0.2, 0) is 17.8 Å². The van der Waals surface area contributed by atoms with Gasteiger partial charge in [-0.05, 0) is 64.2 Å². The lowest BCUT2D eigenvalue weighted by Gasteiger charge is -2.14. The van der Waals surface area contributed by atoms with Crippen molar-refractivity contribution in [1.82, 2.24) is 30.0 Å². The third kappa shape index (κ3) is 5.90. The van der Waals surface area contributed by atoms with Crippen molar-refractivity contribution in [2.24, 2.45) is 0 Å². The number of fused-ring (bicyclic) bond motifs is 1. The lowest BCUT2D eigenvalue weighted by atomic mass is 10.1. The molecule has 2 heterocycles. The number of alkyl carbamates (subject to hydrolysis) is 1. The van der Waals surface area contributed by atoms with Crippen LogP contribution in [0.3, 0.4) is 0 Å². The van der Waals surface area contributed by atoms with Gasteiger partial charge in [-0.15, -0.1) is 0 Å². The summed E-state index contributed by atoms with van der Waals surface area (Å²) in [6, 6.07) is 5.01. The van der Waals surface area contributed by atoms with Gasteiger partial charge in [0.15, 0.2) is 0 Å². The molecule has 0 radical (unpaired) electrons. The molecule has 0 bridgehead atoms. The van der Waals surface area contributed by atoms with Gasteiger partial charge in [-0.2, -0.15) is 5.10 Å². The first-order chi connectivity index (χ1) is 18.3. The summed E-state index contributed by atoms with van der Waals surface area (Å²) < 4.78 is 14.5. The first-order valence-corrected chi connectivity index (χ1v) is 12.9. The Morgan fingerprint density at radius 3 is 2.58 bits per heavy atom. The van der Waals surface area contributed by atoms with Crippen LogP contribution in [0.15, 0.2) is 18.2 Å². The van der Waals surface area contributed by atoms with Crippen LogP contribution >= 0.6 is 0 Å². The number of imidazole rings is 1. The molecule has 3 aromatic rings. The summed E-state index contributed by atoms with van der Waals surface area (Å²) in [5.41, 5.74) is 2.66. The molecule has 1 aliphatic carbocycles. The molecule has 0 unspecified atom stereocenters. The second-order valence-corrected chi connectivity index (χ2v) is 9.25. The quantitative estimate of drug-likeness (QED) is 0.345. The minimum atomic E-state index is -0.420. The maximum absolute atomic E-state index is 13.2. The number of benzene rings is 1. The number of hydrogen-bond donors (Lipinski definition) is 3. The number of carbonyl (C=O) groups is 3. The molecule has 204 valence electrons. The van der Waals surface area contributed by atoms with Gasteiger partial charge in [0.1, 0.15) is 23.1 Å². The van der Waals surface area contributed by atoms with Crippen molar-refractivity contribution in [3.63, 3.8) is 0 Å². The topological polar surface area (TPSA) is 141 Å². The molecule has 3 amide bonds. The highest BCUT2D eigenvalue weighted by atomic mass is 16.6. The summed E-state index contributed by atoms with van der Waals surface area (Å²) in [6.45, 7) is 5.07. The lowest BCUT2D eigenvalue weighted by molar-refractivity contribution is 0.0960. The lowest BCUT2D eigenvalue weighted by Crippen LogP contribution is -2.29. The number of ether oxygens (including phenoxy) is 2. The Bertz CT molecular complexity index is 1320. The Morgan fingerprint density at radius 1 is 1.13 bits per heavy atom. The van der Waals surface area contributed by atoms with E-state index in [0.717, 1.165) is 31.4 Å². The summed E-state index contributed by atoms with van der Waals surface area (Å²) in [6.07, 6.45) is 4.10. The van der Waals surface area contributed by atoms with Crippen molar-refractivity contribution < 1.29 is 23.9 Å². The Hall–Kier alpha value is -4.09. The van der Waals surface area contributed by atoms with Crippen LogP contribution in [0.5, 0.6) is 5.75 Å². The molecular formula is C26H35N7O5. The fraction of sp³-hybridized carbons (Fsp3) is 0.500. The van der Waals surface area contributed by atoms with E-state index in [1.807, 2.05) is 18.4 Å². The van der Waals surface area contributed by atoms with Crippen LogP contribution in [0, 0.1) is 6.92 Å². The zero-order valence-electron chi connectivity index (χ0n) is 22.3. The second-order valence-electron chi connectivity index (χ2n) is 9.25. The maximum atomic E-state index is 13.2. The van der Waals surface area contributed by atoms with E-state index in [0.29, 0.717) is 60.0 Å². The number of hydrogen-bond acceptors (Lipinski definition) is 7. The summed E-state index contributed by atoms with van der Waals surface area (Å²) in [5, 5.41) is 12.7. The third-order valence-electron chi connectivity index (χ3n) is 6.58. The number of amides is 3. The zero-order valence-corrected chi connectivity index (χ0v) is 22.3. The smallest absolute Gasteiger partial charge is 0.407 e. The molecule has 3 N–H and O–H groups in total. The molecule has 4 rings (SSSR count). The molecule has 0 aliphatic heterocycles. The predicted octanol–water partition coefficient (Wildman–Crippen LogP) is 3.24. The molecule has 0 saturated heterocycles. The monoisotopic (exact) mass is 525 g/mol. The Balaban J connectivity index is 1.59. The van der Waals surface area contributed by atoms with Gasteiger partial charge < -0.3 is 24.7 Å². The van der Waals surface area contributed by atoms with Crippen molar-refractivity contribution in [2.45, 2.75) is 65.1 Å². The molecule has 12 nitrogen and oxygen atoms in total. The number of carbonyl (C=O) groups excluding carboxylic acids is 3. The zero-order chi connectivity index (χ0) is 27.2. The van der Waals surface area contributed by atoms with Crippen LogP contribution in [0.1, 0.15) is 65.6 Å². The summed E-state index contributed by atoms with van der Waals surface area (Å²) >= 11 is 0. The average Bonchev–Trinajstić information content (AvgIpc) is 3.64. The number of nitrogens with one attached hydrogen (secondary N) is 3. The highest BCUT2D eigenvalue weighted by Crippen LogP contribution is 2.31. The molecule has 1 saturated carbocycles. The Morgan fingerprint density at radius 2 is 1.89 bits per heavy atom. The molecular weight excluding hydrogens is 490 g/mol. The van der Waals surface area contributed by atoms with Gasteiger partial charge in [0.25, 0.3) is 11.8 Å². The highest BCUT2D eigenvalue weighted by molar-refractivity contribution is 6.04. The van der Waals surface area contributed by atoms with Crippen LogP contribution in [-0.4, -0.2) is 64.0 Å². The Labute approximate surface area is 221 Å². The van der Waals surface area contributed by atoms with Crippen molar-refractivity contribution in [3.8, 4) is 5.75 Å². The second kappa shape index (κ2) is 12.0. The summed E-state index contributed by atoms with van der Waals surface area (Å²) in [5.74, 6) is 0.106. The molecule has 0 atom stereocenters. The number of nitrogens with zero attached hydrogens (tertiary/aromatic N) is 4. The maximum Gasteiger partial charge on any atom is 0.407 e. The van der Waals surface area contributed by atoms with Gasteiger partial charge in [0.05, 0.1) is 18.3 Å². The fourth-order valence-electron chi connectivity index (χ4n) is 4.74.